The SMILES string of the molecule is CCN(C1CNC1)C1CCCC(C(F)(F)F)C1. The molecule has 0 aromatic carbocycles. The lowest BCUT2D eigenvalue weighted by Gasteiger charge is -2.45. The molecule has 2 atom stereocenters. The predicted octanol–water partition coefficient (Wildman–Crippen LogP) is 2.40. The highest BCUT2D eigenvalue weighted by atomic mass is 19.4. The molecule has 5 heteroatoms. The lowest BCUT2D eigenvalue weighted by atomic mass is 9.83. The van der Waals surface area contributed by atoms with E-state index in [4.69, 9.17) is 0 Å². The fourth-order valence-corrected chi connectivity index (χ4v) is 3.08. The van der Waals surface area contributed by atoms with Gasteiger partial charge in [-0.25, -0.2) is 0 Å². The van der Waals surface area contributed by atoms with Gasteiger partial charge >= 0.3 is 6.18 Å². The Morgan fingerprint density at radius 1 is 1.18 bits per heavy atom. The van der Waals surface area contributed by atoms with E-state index in [1.54, 1.807) is 0 Å². The number of rotatable bonds is 3. The number of nitrogens with zero attached hydrogens (tertiary/aromatic N) is 1. The normalized spacial score (nSPS) is 31.6. The van der Waals surface area contributed by atoms with Crippen molar-refractivity contribution in [3.63, 3.8) is 0 Å². The van der Waals surface area contributed by atoms with Gasteiger partial charge in [-0.05, 0) is 25.8 Å². The second kappa shape index (κ2) is 5.14. The van der Waals surface area contributed by atoms with Crippen LogP contribution in [0.3, 0.4) is 0 Å². The Hall–Kier alpha value is -0.290. The van der Waals surface area contributed by atoms with E-state index in [2.05, 4.69) is 17.1 Å². The molecular weight excluding hydrogens is 229 g/mol. The van der Waals surface area contributed by atoms with Gasteiger partial charge in [-0.15, -0.1) is 0 Å². The molecule has 2 nitrogen and oxygen atoms in total. The van der Waals surface area contributed by atoms with Gasteiger partial charge in [0.15, 0.2) is 0 Å². The molecule has 2 rings (SSSR count). The highest BCUT2D eigenvalue weighted by Crippen LogP contribution is 2.39. The second-order valence-corrected chi connectivity index (χ2v) is 5.20. The second-order valence-electron chi connectivity index (χ2n) is 5.20. The summed E-state index contributed by atoms with van der Waals surface area (Å²) >= 11 is 0. The third kappa shape index (κ3) is 2.94. The minimum Gasteiger partial charge on any atom is -0.314 e. The van der Waals surface area contributed by atoms with E-state index in [-0.39, 0.29) is 6.04 Å². The Morgan fingerprint density at radius 2 is 1.88 bits per heavy atom. The molecule has 1 aliphatic heterocycles. The van der Waals surface area contributed by atoms with Gasteiger partial charge in [-0.2, -0.15) is 13.2 Å². The summed E-state index contributed by atoms with van der Waals surface area (Å²) in [6.07, 6.45) is -1.74. The van der Waals surface area contributed by atoms with E-state index >= 15 is 0 Å². The van der Waals surface area contributed by atoms with E-state index in [1.807, 2.05) is 0 Å². The summed E-state index contributed by atoms with van der Waals surface area (Å²) in [5, 5.41) is 3.19. The Labute approximate surface area is 101 Å². The summed E-state index contributed by atoms with van der Waals surface area (Å²) < 4.78 is 38.2. The van der Waals surface area contributed by atoms with Crippen molar-refractivity contribution in [2.45, 2.75) is 50.9 Å². The third-order valence-corrected chi connectivity index (χ3v) is 4.17. The van der Waals surface area contributed by atoms with Gasteiger partial charge in [0.25, 0.3) is 0 Å². The summed E-state index contributed by atoms with van der Waals surface area (Å²) in [5.74, 6) is -1.08. The summed E-state index contributed by atoms with van der Waals surface area (Å²) in [6, 6.07) is 0.587. The summed E-state index contributed by atoms with van der Waals surface area (Å²) in [5.41, 5.74) is 0. The first-order chi connectivity index (χ1) is 8.02. The quantitative estimate of drug-likeness (QED) is 0.827. The summed E-state index contributed by atoms with van der Waals surface area (Å²) in [6.45, 7) is 4.78. The Kier molecular flexibility index (Phi) is 3.98. The molecule has 0 spiro atoms. The molecule has 2 fully saturated rings. The number of halogens is 3. The average Bonchev–Trinajstić information content (AvgIpc) is 2.22. The van der Waals surface area contributed by atoms with Crippen molar-refractivity contribution in [2.24, 2.45) is 5.92 Å². The lowest BCUT2D eigenvalue weighted by molar-refractivity contribution is -0.187. The van der Waals surface area contributed by atoms with Crippen molar-refractivity contribution in [2.75, 3.05) is 19.6 Å². The van der Waals surface area contributed by atoms with Gasteiger partial charge in [0, 0.05) is 25.2 Å². The molecule has 1 N–H and O–H groups in total. The van der Waals surface area contributed by atoms with Crippen LogP contribution in [0.5, 0.6) is 0 Å². The van der Waals surface area contributed by atoms with Gasteiger partial charge < -0.3 is 5.32 Å². The zero-order chi connectivity index (χ0) is 12.5. The van der Waals surface area contributed by atoms with Crippen LogP contribution in [0.1, 0.15) is 32.6 Å². The number of nitrogens with one attached hydrogen (secondary N) is 1. The molecule has 1 aliphatic carbocycles. The average molecular weight is 250 g/mol. The maximum absolute atomic E-state index is 12.7. The van der Waals surface area contributed by atoms with Gasteiger partial charge in [-0.1, -0.05) is 13.3 Å². The first-order valence-electron chi connectivity index (χ1n) is 6.55. The van der Waals surface area contributed by atoms with Crippen molar-refractivity contribution in [3.05, 3.63) is 0 Å². The number of hydrogen-bond donors (Lipinski definition) is 1. The minimum absolute atomic E-state index is 0.132. The Morgan fingerprint density at radius 3 is 2.35 bits per heavy atom. The zero-order valence-corrected chi connectivity index (χ0v) is 10.3. The van der Waals surface area contributed by atoms with Crippen LogP contribution in [-0.2, 0) is 0 Å². The topological polar surface area (TPSA) is 15.3 Å². The molecule has 100 valence electrons. The maximum atomic E-state index is 12.7. The van der Waals surface area contributed by atoms with E-state index in [0.717, 1.165) is 26.1 Å². The monoisotopic (exact) mass is 250 g/mol. The van der Waals surface area contributed by atoms with Crippen LogP contribution in [-0.4, -0.2) is 42.8 Å². The minimum atomic E-state index is -4.00. The van der Waals surface area contributed by atoms with E-state index in [0.29, 0.717) is 25.3 Å². The molecule has 1 heterocycles. The molecule has 0 radical (unpaired) electrons. The van der Waals surface area contributed by atoms with Gasteiger partial charge in [0.05, 0.1) is 5.92 Å². The number of likely N-dealkylation sites (N-methyl/N-ethyl adjacent to an activating group) is 1. The van der Waals surface area contributed by atoms with Crippen LogP contribution in [0.2, 0.25) is 0 Å². The molecule has 0 amide bonds. The zero-order valence-electron chi connectivity index (χ0n) is 10.3. The Bertz CT molecular complexity index is 251. The molecule has 1 saturated heterocycles. The summed E-state index contributed by atoms with van der Waals surface area (Å²) in [7, 11) is 0. The van der Waals surface area contributed by atoms with Crippen LogP contribution in [0.15, 0.2) is 0 Å². The first kappa shape index (κ1) is 13.1. The molecular formula is C12H21F3N2. The van der Waals surface area contributed by atoms with Crippen molar-refractivity contribution in [3.8, 4) is 0 Å². The van der Waals surface area contributed by atoms with E-state index < -0.39 is 12.1 Å². The van der Waals surface area contributed by atoms with Crippen LogP contribution < -0.4 is 5.32 Å². The predicted molar refractivity (Wildman–Crippen MR) is 60.8 cm³/mol. The molecule has 0 aromatic rings. The van der Waals surface area contributed by atoms with Crippen LogP contribution in [0, 0.1) is 5.92 Å². The van der Waals surface area contributed by atoms with Crippen molar-refractivity contribution < 1.29 is 13.2 Å². The number of hydrogen-bond acceptors (Lipinski definition) is 2. The van der Waals surface area contributed by atoms with Gasteiger partial charge in [0.2, 0.25) is 0 Å². The highest BCUT2D eigenvalue weighted by molar-refractivity contribution is 4.91. The standard InChI is InChI=1S/C12H21F3N2/c1-2-17(11-7-16-8-11)10-5-3-4-9(6-10)12(13,14)15/h9-11,16H,2-8H2,1H3. The van der Waals surface area contributed by atoms with Crippen molar-refractivity contribution in [1.82, 2.24) is 10.2 Å². The maximum Gasteiger partial charge on any atom is 0.391 e. The van der Waals surface area contributed by atoms with Gasteiger partial charge in [0.1, 0.15) is 0 Å². The van der Waals surface area contributed by atoms with Crippen LogP contribution in [0.4, 0.5) is 13.2 Å². The largest absolute Gasteiger partial charge is 0.391 e. The van der Waals surface area contributed by atoms with Crippen LogP contribution >= 0.6 is 0 Å². The summed E-state index contributed by atoms with van der Waals surface area (Å²) in [4.78, 5) is 2.27. The first-order valence-corrected chi connectivity index (χ1v) is 6.55. The fraction of sp³-hybridized carbons (Fsp3) is 1.00. The number of alkyl halides is 3. The lowest BCUT2D eigenvalue weighted by Crippen LogP contribution is -2.60. The molecule has 1 saturated carbocycles. The van der Waals surface area contributed by atoms with Crippen molar-refractivity contribution in [1.29, 1.82) is 0 Å². The molecule has 0 aromatic heterocycles. The molecule has 2 unspecified atom stereocenters. The molecule has 2 aliphatic rings. The van der Waals surface area contributed by atoms with Crippen molar-refractivity contribution >= 4 is 0 Å². The molecule has 0 bridgehead atoms. The van der Waals surface area contributed by atoms with Gasteiger partial charge in [-0.3, -0.25) is 4.90 Å². The van der Waals surface area contributed by atoms with Crippen LogP contribution in [0.25, 0.3) is 0 Å². The fourth-order valence-electron chi connectivity index (χ4n) is 3.08. The van der Waals surface area contributed by atoms with E-state index in [9.17, 15) is 13.2 Å². The third-order valence-electron chi connectivity index (χ3n) is 4.17. The molecule has 17 heavy (non-hydrogen) atoms. The van der Waals surface area contributed by atoms with E-state index in [1.165, 1.54) is 0 Å². The smallest absolute Gasteiger partial charge is 0.314 e. The Balaban J connectivity index is 1.95. The highest BCUT2D eigenvalue weighted by Gasteiger charge is 2.44.